The average molecular weight is 416 g/mol. The van der Waals surface area contributed by atoms with Gasteiger partial charge in [0.2, 0.25) is 10.0 Å². The van der Waals surface area contributed by atoms with Crippen molar-refractivity contribution in [3.8, 4) is 11.5 Å². The van der Waals surface area contributed by atoms with Gasteiger partial charge in [0.25, 0.3) is 5.89 Å². The van der Waals surface area contributed by atoms with Gasteiger partial charge < -0.3 is 4.52 Å². The van der Waals surface area contributed by atoms with Crippen LogP contribution in [0.2, 0.25) is 0 Å². The van der Waals surface area contributed by atoms with Gasteiger partial charge in [-0.2, -0.15) is 9.29 Å². The van der Waals surface area contributed by atoms with Crippen LogP contribution in [0.3, 0.4) is 0 Å². The monoisotopic (exact) mass is 416 g/mol. The van der Waals surface area contributed by atoms with Crippen molar-refractivity contribution in [1.29, 1.82) is 0 Å². The molecule has 2 heterocycles. The summed E-state index contributed by atoms with van der Waals surface area (Å²) in [5.41, 5.74) is 2.02. The number of hydrogen-bond donors (Lipinski definition) is 0. The number of rotatable bonds is 5. The van der Waals surface area contributed by atoms with Crippen LogP contribution < -0.4 is 0 Å². The van der Waals surface area contributed by atoms with Gasteiger partial charge in [0, 0.05) is 31.7 Å². The van der Waals surface area contributed by atoms with Crippen LogP contribution in [0, 0.1) is 12.7 Å². The standard InChI is InChI=1S/C20H21FN4O3S/c1-15-2-4-16(5-3-15)20-22-19(23-28-20)14-24-10-12-25(13-11-24)29(26,27)18-8-6-17(21)7-9-18/h2-9H,10-14H2,1H3. The molecule has 0 saturated carbocycles. The number of piperazine rings is 1. The van der Waals surface area contributed by atoms with Crippen LogP contribution in [-0.2, 0) is 16.6 Å². The smallest absolute Gasteiger partial charge is 0.257 e. The second kappa shape index (κ2) is 8.02. The number of benzene rings is 2. The Bertz CT molecular complexity index is 1070. The first kappa shape index (κ1) is 19.7. The highest BCUT2D eigenvalue weighted by Gasteiger charge is 2.29. The van der Waals surface area contributed by atoms with Crippen LogP contribution in [0.15, 0.2) is 57.9 Å². The Morgan fingerprint density at radius 3 is 2.31 bits per heavy atom. The Morgan fingerprint density at radius 2 is 1.66 bits per heavy atom. The molecule has 2 aromatic carbocycles. The van der Waals surface area contributed by atoms with Crippen molar-refractivity contribution in [2.24, 2.45) is 0 Å². The molecule has 0 unspecified atom stereocenters. The lowest BCUT2D eigenvalue weighted by Gasteiger charge is -2.33. The Balaban J connectivity index is 1.37. The summed E-state index contributed by atoms with van der Waals surface area (Å²) >= 11 is 0. The minimum Gasteiger partial charge on any atom is -0.334 e. The van der Waals surface area contributed by atoms with Gasteiger partial charge in [0.05, 0.1) is 11.4 Å². The zero-order chi connectivity index (χ0) is 20.4. The molecule has 4 rings (SSSR count). The van der Waals surface area contributed by atoms with Gasteiger partial charge in [-0.05, 0) is 43.3 Å². The van der Waals surface area contributed by atoms with Crippen molar-refractivity contribution >= 4 is 10.0 Å². The summed E-state index contributed by atoms with van der Waals surface area (Å²) in [5, 5.41) is 4.04. The zero-order valence-electron chi connectivity index (χ0n) is 16.0. The van der Waals surface area contributed by atoms with Gasteiger partial charge in [-0.25, -0.2) is 12.8 Å². The van der Waals surface area contributed by atoms with Crippen molar-refractivity contribution in [3.05, 3.63) is 65.7 Å². The van der Waals surface area contributed by atoms with E-state index in [1.54, 1.807) is 0 Å². The van der Waals surface area contributed by atoms with E-state index in [9.17, 15) is 12.8 Å². The summed E-state index contributed by atoms with van der Waals surface area (Å²) in [7, 11) is -3.62. The van der Waals surface area contributed by atoms with Crippen molar-refractivity contribution < 1.29 is 17.3 Å². The number of aryl methyl sites for hydroxylation is 1. The van der Waals surface area contributed by atoms with Gasteiger partial charge in [-0.15, -0.1) is 0 Å². The molecule has 0 aliphatic carbocycles. The molecule has 3 aromatic rings. The second-order valence-corrected chi connectivity index (χ2v) is 8.95. The summed E-state index contributed by atoms with van der Waals surface area (Å²) in [6, 6.07) is 12.7. The van der Waals surface area contributed by atoms with Crippen LogP contribution in [0.4, 0.5) is 4.39 Å². The summed E-state index contributed by atoms with van der Waals surface area (Å²) in [6.45, 7) is 4.30. The fourth-order valence-electron chi connectivity index (χ4n) is 3.22. The van der Waals surface area contributed by atoms with E-state index in [0.29, 0.717) is 44.4 Å². The minimum absolute atomic E-state index is 0.105. The molecule has 9 heteroatoms. The van der Waals surface area contributed by atoms with Gasteiger partial charge in [-0.3, -0.25) is 4.90 Å². The second-order valence-electron chi connectivity index (χ2n) is 7.02. The number of halogens is 1. The number of aromatic nitrogens is 2. The van der Waals surface area contributed by atoms with E-state index in [-0.39, 0.29) is 4.90 Å². The summed E-state index contributed by atoms with van der Waals surface area (Å²) in [6.07, 6.45) is 0. The predicted octanol–water partition coefficient (Wildman–Crippen LogP) is 2.69. The maximum atomic E-state index is 13.1. The largest absolute Gasteiger partial charge is 0.334 e. The first-order chi connectivity index (χ1) is 13.9. The van der Waals surface area contributed by atoms with E-state index in [2.05, 4.69) is 15.0 Å². The van der Waals surface area contributed by atoms with Crippen LogP contribution in [0.5, 0.6) is 0 Å². The molecule has 0 radical (unpaired) electrons. The topological polar surface area (TPSA) is 79.5 Å². The quantitative estimate of drug-likeness (QED) is 0.636. The highest BCUT2D eigenvalue weighted by molar-refractivity contribution is 7.89. The van der Waals surface area contributed by atoms with E-state index in [1.165, 1.54) is 16.4 Å². The number of nitrogens with zero attached hydrogens (tertiary/aromatic N) is 4. The van der Waals surface area contributed by atoms with Crippen molar-refractivity contribution in [1.82, 2.24) is 19.3 Å². The van der Waals surface area contributed by atoms with E-state index < -0.39 is 15.8 Å². The SMILES string of the molecule is Cc1ccc(-c2nc(CN3CCN(S(=O)(=O)c4ccc(F)cc4)CC3)no2)cc1. The summed E-state index contributed by atoms with van der Waals surface area (Å²) in [4.78, 5) is 6.63. The normalized spacial score (nSPS) is 16.2. The maximum absolute atomic E-state index is 13.1. The molecule has 29 heavy (non-hydrogen) atoms. The molecule has 1 aliphatic heterocycles. The molecule has 0 N–H and O–H groups in total. The van der Waals surface area contributed by atoms with E-state index in [4.69, 9.17) is 4.52 Å². The summed E-state index contributed by atoms with van der Waals surface area (Å²) < 4.78 is 45.2. The van der Waals surface area contributed by atoms with Crippen molar-refractivity contribution in [2.75, 3.05) is 26.2 Å². The molecule has 1 aromatic heterocycles. The molecule has 152 valence electrons. The molecular weight excluding hydrogens is 395 g/mol. The maximum Gasteiger partial charge on any atom is 0.257 e. The zero-order valence-corrected chi connectivity index (χ0v) is 16.8. The lowest BCUT2D eigenvalue weighted by atomic mass is 10.1. The van der Waals surface area contributed by atoms with Crippen LogP contribution in [0.1, 0.15) is 11.4 Å². The third kappa shape index (κ3) is 4.36. The van der Waals surface area contributed by atoms with E-state index in [1.807, 2.05) is 31.2 Å². The van der Waals surface area contributed by atoms with Crippen LogP contribution in [0.25, 0.3) is 11.5 Å². The molecule has 1 fully saturated rings. The molecule has 1 aliphatic rings. The Hall–Kier alpha value is -2.62. The lowest BCUT2D eigenvalue weighted by Crippen LogP contribution is -2.48. The molecule has 1 saturated heterocycles. The first-order valence-corrected chi connectivity index (χ1v) is 10.7. The Morgan fingerprint density at radius 1 is 1.00 bits per heavy atom. The molecule has 7 nitrogen and oxygen atoms in total. The Labute approximate surface area is 168 Å². The molecule has 0 spiro atoms. The minimum atomic E-state index is -3.62. The van der Waals surface area contributed by atoms with E-state index >= 15 is 0 Å². The molecule has 0 atom stereocenters. The van der Waals surface area contributed by atoms with Gasteiger partial charge in [0.15, 0.2) is 5.82 Å². The van der Waals surface area contributed by atoms with Crippen LogP contribution >= 0.6 is 0 Å². The first-order valence-electron chi connectivity index (χ1n) is 9.29. The third-order valence-corrected chi connectivity index (χ3v) is 6.83. The Kier molecular flexibility index (Phi) is 5.44. The fourth-order valence-corrected chi connectivity index (χ4v) is 4.64. The van der Waals surface area contributed by atoms with Crippen LogP contribution in [-0.4, -0.2) is 53.9 Å². The average Bonchev–Trinajstić information content (AvgIpc) is 3.18. The third-order valence-electron chi connectivity index (χ3n) is 4.91. The highest BCUT2D eigenvalue weighted by atomic mass is 32.2. The molecule has 0 amide bonds. The highest BCUT2D eigenvalue weighted by Crippen LogP contribution is 2.20. The predicted molar refractivity (Wildman–Crippen MR) is 105 cm³/mol. The number of hydrogen-bond acceptors (Lipinski definition) is 6. The fraction of sp³-hybridized carbons (Fsp3) is 0.300. The van der Waals surface area contributed by atoms with Crippen molar-refractivity contribution in [3.63, 3.8) is 0 Å². The lowest BCUT2D eigenvalue weighted by molar-refractivity contribution is 0.176. The number of sulfonamides is 1. The molecule has 0 bridgehead atoms. The van der Waals surface area contributed by atoms with Gasteiger partial charge in [-0.1, -0.05) is 22.9 Å². The summed E-state index contributed by atoms with van der Waals surface area (Å²) in [5.74, 6) is 0.576. The van der Waals surface area contributed by atoms with Gasteiger partial charge in [0.1, 0.15) is 5.82 Å². The van der Waals surface area contributed by atoms with E-state index in [0.717, 1.165) is 23.3 Å². The van der Waals surface area contributed by atoms with Crippen molar-refractivity contribution in [2.45, 2.75) is 18.4 Å². The molecular formula is C20H21FN4O3S. The van der Waals surface area contributed by atoms with Gasteiger partial charge >= 0.3 is 0 Å².